The van der Waals surface area contributed by atoms with E-state index in [1.807, 2.05) is 11.5 Å². The monoisotopic (exact) mass is 235 g/mol. The number of nitrogens with two attached hydrogens (primary N) is 1. The fourth-order valence-corrected chi connectivity index (χ4v) is 2.61. The van der Waals surface area contributed by atoms with Gasteiger partial charge in [-0.25, -0.2) is 0 Å². The van der Waals surface area contributed by atoms with Crippen molar-refractivity contribution in [1.29, 1.82) is 0 Å². The Labute approximate surface area is 102 Å². The lowest BCUT2D eigenvalue weighted by Gasteiger charge is -2.31. The summed E-state index contributed by atoms with van der Waals surface area (Å²) in [5.74, 6) is 1.11. The first-order valence-electron chi connectivity index (χ1n) is 6.29. The molecule has 1 aliphatic rings. The summed E-state index contributed by atoms with van der Waals surface area (Å²) >= 11 is 0. The summed E-state index contributed by atoms with van der Waals surface area (Å²) in [6, 6.07) is 1.76. The van der Waals surface area contributed by atoms with Crippen molar-refractivity contribution in [3.8, 4) is 0 Å². The van der Waals surface area contributed by atoms with E-state index in [-0.39, 0.29) is 5.56 Å². The van der Waals surface area contributed by atoms with Crippen LogP contribution in [-0.4, -0.2) is 24.7 Å². The zero-order chi connectivity index (χ0) is 12.4. The summed E-state index contributed by atoms with van der Waals surface area (Å²) in [5, 5.41) is 0. The third-order valence-electron chi connectivity index (χ3n) is 3.48. The van der Waals surface area contributed by atoms with Crippen LogP contribution in [0, 0.1) is 6.92 Å². The number of rotatable bonds is 3. The van der Waals surface area contributed by atoms with Crippen molar-refractivity contribution in [1.82, 2.24) is 4.57 Å². The van der Waals surface area contributed by atoms with Crippen LogP contribution in [0.4, 0.5) is 5.82 Å². The molecule has 0 spiro atoms. The molecule has 0 aliphatic carbocycles. The van der Waals surface area contributed by atoms with Gasteiger partial charge in [0.05, 0.1) is 0 Å². The van der Waals surface area contributed by atoms with E-state index in [0.717, 1.165) is 43.7 Å². The SMILES string of the molecule is Cc1cc(=O)n2c(c1CCCN)N(C)CCC2. The molecule has 17 heavy (non-hydrogen) atoms. The van der Waals surface area contributed by atoms with E-state index in [2.05, 4.69) is 11.9 Å². The van der Waals surface area contributed by atoms with Crippen molar-refractivity contribution in [2.75, 3.05) is 25.0 Å². The average Bonchev–Trinajstić information content (AvgIpc) is 2.30. The molecule has 0 aromatic carbocycles. The third kappa shape index (κ3) is 2.22. The van der Waals surface area contributed by atoms with Crippen LogP contribution in [0.2, 0.25) is 0 Å². The van der Waals surface area contributed by atoms with Crippen molar-refractivity contribution in [2.24, 2.45) is 5.73 Å². The summed E-state index contributed by atoms with van der Waals surface area (Å²) in [5.41, 5.74) is 8.10. The maximum atomic E-state index is 12.0. The maximum absolute atomic E-state index is 12.0. The van der Waals surface area contributed by atoms with Crippen molar-refractivity contribution in [3.63, 3.8) is 0 Å². The smallest absolute Gasteiger partial charge is 0.252 e. The highest BCUT2D eigenvalue weighted by Crippen LogP contribution is 2.25. The van der Waals surface area contributed by atoms with Crippen LogP contribution in [0.3, 0.4) is 0 Å². The molecule has 1 aromatic rings. The first-order valence-corrected chi connectivity index (χ1v) is 6.29. The molecule has 1 aliphatic heterocycles. The number of fused-ring (bicyclic) bond motifs is 1. The standard InChI is InChI=1S/C13H21N3O/c1-10-9-12(17)16-8-4-7-15(2)13(16)11(10)5-3-6-14/h9H,3-8,14H2,1-2H3. The highest BCUT2D eigenvalue weighted by Gasteiger charge is 2.19. The lowest BCUT2D eigenvalue weighted by atomic mass is 10.0. The second-order valence-corrected chi connectivity index (χ2v) is 4.79. The van der Waals surface area contributed by atoms with E-state index in [0.29, 0.717) is 6.54 Å². The molecule has 0 fully saturated rings. The molecule has 2 N–H and O–H groups in total. The molecule has 1 aromatic heterocycles. The minimum Gasteiger partial charge on any atom is -0.361 e. The summed E-state index contributed by atoms with van der Waals surface area (Å²) in [6.45, 7) is 4.59. The van der Waals surface area contributed by atoms with Crippen LogP contribution >= 0.6 is 0 Å². The fourth-order valence-electron chi connectivity index (χ4n) is 2.61. The summed E-state index contributed by atoms with van der Waals surface area (Å²) in [6.07, 6.45) is 2.98. The Hall–Kier alpha value is -1.29. The second-order valence-electron chi connectivity index (χ2n) is 4.79. The molecular weight excluding hydrogens is 214 g/mol. The summed E-state index contributed by atoms with van der Waals surface area (Å²) < 4.78 is 1.91. The van der Waals surface area contributed by atoms with Crippen molar-refractivity contribution in [2.45, 2.75) is 32.7 Å². The van der Waals surface area contributed by atoms with Crippen LogP contribution in [0.1, 0.15) is 24.0 Å². The number of aryl methyl sites for hydroxylation is 1. The number of nitrogens with zero attached hydrogens (tertiary/aromatic N) is 2. The zero-order valence-electron chi connectivity index (χ0n) is 10.7. The minimum absolute atomic E-state index is 0.126. The van der Waals surface area contributed by atoms with Gasteiger partial charge >= 0.3 is 0 Å². The minimum atomic E-state index is 0.126. The van der Waals surface area contributed by atoms with Gasteiger partial charge in [-0.1, -0.05) is 0 Å². The van der Waals surface area contributed by atoms with Crippen LogP contribution in [0.5, 0.6) is 0 Å². The lowest BCUT2D eigenvalue weighted by Crippen LogP contribution is -2.36. The normalized spacial score (nSPS) is 14.9. The highest BCUT2D eigenvalue weighted by atomic mass is 16.1. The molecule has 0 unspecified atom stereocenters. The van der Waals surface area contributed by atoms with E-state index < -0.39 is 0 Å². The Balaban J connectivity index is 2.53. The van der Waals surface area contributed by atoms with E-state index in [9.17, 15) is 4.79 Å². The van der Waals surface area contributed by atoms with Crippen LogP contribution in [-0.2, 0) is 13.0 Å². The topological polar surface area (TPSA) is 51.3 Å². The Morgan fingerprint density at radius 3 is 2.88 bits per heavy atom. The third-order valence-corrected chi connectivity index (χ3v) is 3.48. The molecule has 0 amide bonds. The maximum Gasteiger partial charge on any atom is 0.252 e. The molecule has 0 atom stereocenters. The van der Waals surface area contributed by atoms with Crippen LogP contribution in [0.25, 0.3) is 0 Å². The van der Waals surface area contributed by atoms with Gasteiger partial charge in [0.15, 0.2) is 0 Å². The Bertz CT molecular complexity index is 464. The van der Waals surface area contributed by atoms with Crippen LogP contribution in [0.15, 0.2) is 10.9 Å². The molecule has 0 bridgehead atoms. The molecule has 2 heterocycles. The van der Waals surface area contributed by atoms with E-state index >= 15 is 0 Å². The Morgan fingerprint density at radius 2 is 2.18 bits per heavy atom. The highest BCUT2D eigenvalue weighted by molar-refractivity contribution is 5.52. The molecule has 4 heteroatoms. The van der Waals surface area contributed by atoms with Gasteiger partial charge in [0, 0.05) is 26.2 Å². The fraction of sp³-hybridized carbons (Fsp3) is 0.615. The van der Waals surface area contributed by atoms with Gasteiger partial charge in [0.2, 0.25) is 0 Å². The molecule has 4 nitrogen and oxygen atoms in total. The van der Waals surface area contributed by atoms with Crippen molar-refractivity contribution < 1.29 is 0 Å². The molecule has 2 rings (SSSR count). The Kier molecular flexibility index (Phi) is 3.52. The summed E-state index contributed by atoms with van der Waals surface area (Å²) in [7, 11) is 2.07. The van der Waals surface area contributed by atoms with Crippen LogP contribution < -0.4 is 16.2 Å². The van der Waals surface area contributed by atoms with Gasteiger partial charge in [0.1, 0.15) is 5.82 Å². The molecular formula is C13H21N3O. The molecule has 0 saturated carbocycles. The van der Waals surface area contributed by atoms with Gasteiger partial charge in [-0.15, -0.1) is 0 Å². The van der Waals surface area contributed by atoms with Crippen molar-refractivity contribution >= 4 is 5.82 Å². The van der Waals surface area contributed by atoms with Gasteiger partial charge < -0.3 is 10.6 Å². The molecule has 94 valence electrons. The number of pyridine rings is 1. The number of hydrogen-bond donors (Lipinski definition) is 1. The lowest BCUT2D eigenvalue weighted by molar-refractivity contribution is 0.558. The predicted molar refractivity (Wildman–Crippen MR) is 70.7 cm³/mol. The predicted octanol–water partition coefficient (Wildman–Crippen LogP) is 0.888. The van der Waals surface area contributed by atoms with E-state index in [1.54, 1.807) is 6.07 Å². The van der Waals surface area contributed by atoms with Gasteiger partial charge in [-0.3, -0.25) is 9.36 Å². The molecule has 0 saturated heterocycles. The van der Waals surface area contributed by atoms with Gasteiger partial charge in [-0.2, -0.15) is 0 Å². The largest absolute Gasteiger partial charge is 0.361 e. The summed E-state index contributed by atoms with van der Waals surface area (Å²) in [4.78, 5) is 14.2. The number of aromatic nitrogens is 1. The quantitative estimate of drug-likeness (QED) is 0.846. The number of hydrogen-bond acceptors (Lipinski definition) is 3. The number of anilines is 1. The van der Waals surface area contributed by atoms with Crippen molar-refractivity contribution in [3.05, 3.63) is 27.5 Å². The van der Waals surface area contributed by atoms with E-state index in [4.69, 9.17) is 5.73 Å². The molecule has 0 radical (unpaired) electrons. The zero-order valence-corrected chi connectivity index (χ0v) is 10.7. The first-order chi connectivity index (χ1) is 8.15. The Morgan fingerprint density at radius 1 is 1.41 bits per heavy atom. The van der Waals surface area contributed by atoms with Gasteiger partial charge in [-0.05, 0) is 43.9 Å². The average molecular weight is 235 g/mol. The first kappa shape index (κ1) is 12.2. The second kappa shape index (κ2) is 4.92. The van der Waals surface area contributed by atoms with Gasteiger partial charge in [0.25, 0.3) is 5.56 Å². The van der Waals surface area contributed by atoms with E-state index in [1.165, 1.54) is 5.56 Å².